The summed E-state index contributed by atoms with van der Waals surface area (Å²) in [6, 6.07) is 3.34. The highest BCUT2D eigenvalue weighted by Crippen LogP contribution is 2.35. The Hall–Kier alpha value is -1.53. The zero-order valence-corrected chi connectivity index (χ0v) is 15.8. The van der Waals surface area contributed by atoms with Crippen LogP contribution in [0, 0.1) is 0 Å². The van der Waals surface area contributed by atoms with Gasteiger partial charge in [0.15, 0.2) is 11.6 Å². The SMILES string of the molecule is CC(C)N1CCN2c3ncc(N4CCN(C)CC4)cc3OCC[C@@H]2C1. The lowest BCUT2D eigenvalue weighted by atomic mass is 10.1. The fraction of sp³-hybridized carbons (Fsp3) is 0.737. The second kappa shape index (κ2) is 7.00. The van der Waals surface area contributed by atoms with E-state index in [1.165, 1.54) is 5.69 Å². The average molecular weight is 345 g/mol. The van der Waals surface area contributed by atoms with Gasteiger partial charge in [-0.3, -0.25) is 4.90 Å². The van der Waals surface area contributed by atoms with Gasteiger partial charge in [-0.1, -0.05) is 0 Å². The first-order valence-corrected chi connectivity index (χ1v) is 9.69. The van der Waals surface area contributed by atoms with E-state index in [4.69, 9.17) is 9.72 Å². The van der Waals surface area contributed by atoms with E-state index in [1.54, 1.807) is 0 Å². The molecule has 2 fully saturated rings. The quantitative estimate of drug-likeness (QED) is 0.809. The van der Waals surface area contributed by atoms with Crippen LogP contribution in [0.25, 0.3) is 0 Å². The smallest absolute Gasteiger partial charge is 0.171 e. The van der Waals surface area contributed by atoms with Crippen LogP contribution in [0.5, 0.6) is 5.75 Å². The lowest BCUT2D eigenvalue weighted by molar-refractivity contribution is 0.172. The summed E-state index contributed by atoms with van der Waals surface area (Å²) >= 11 is 0. The Kier molecular flexibility index (Phi) is 4.73. The van der Waals surface area contributed by atoms with Crippen molar-refractivity contribution in [3.8, 4) is 5.75 Å². The second-order valence-corrected chi connectivity index (χ2v) is 7.88. The Morgan fingerprint density at radius 2 is 1.92 bits per heavy atom. The number of aromatic nitrogens is 1. The number of anilines is 2. The number of hydrogen-bond donors (Lipinski definition) is 0. The van der Waals surface area contributed by atoms with Crippen molar-refractivity contribution in [2.45, 2.75) is 32.4 Å². The fourth-order valence-electron chi connectivity index (χ4n) is 4.17. The third-order valence-corrected chi connectivity index (χ3v) is 5.91. The van der Waals surface area contributed by atoms with Gasteiger partial charge in [0, 0.05) is 70.4 Å². The van der Waals surface area contributed by atoms with Crippen LogP contribution < -0.4 is 14.5 Å². The van der Waals surface area contributed by atoms with Gasteiger partial charge in [-0.15, -0.1) is 0 Å². The van der Waals surface area contributed by atoms with E-state index in [2.05, 4.69) is 46.6 Å². The number of hydrogen-bond acceptors (Lipinski definition) is 6. The van der Waals surface area contributed by atoms with E-state index < -0.39 is 0 Å². The van der Waals surface area contributed by atoms with Crippen LogP contribution in [0.1, 0.15) is 20.3 Å². The van der Waals surface area contributed by atoms with Gasteiger partial charge in [-0.05, 0) is 20.9 Å². The van der Waals surface area contributed by atoms with Crippen LogP contribution >= 0.6 is 0 Å². The molecule has 0 aliphatic carbocycles. The maximum Gasteiger partial charge on any atom is 0.171 e. The summed E-state index contributed by atoms with van der Waals surface area (Å²) in [5.41, 5.74) is 1.20. The molecule has 1 aromatic heterocycles. The van der Waals surface area contributed by atoms with Crippen molar-refractivity contribution in [2.24, 2.45) is 0 Å². The van der Waals surface area contributed by atoms with Gasteiger partial charge in [0.25, 0.3) is 0 Å². The molecule has 4 rings (SSSR count). The molecule has 0 aromatic carbocycles. The van der Waals surface area contributed by atoms with E-state index in [0.29, 0.717) is 12.1 Å². The first-order chi connectivity index (χ1) is 12.1. The highest BCUT2D eigenvalue weighted by atomic mass is 16.5. The van der Waals surface area contributed by atoms with Gasteiger partial charge in [0.1, 0.15) is 0 Å². The number of pyridine rings is 1. The lowest BCUT2D eigenvalue weighted by Gasteiger charge is -2.43. The predicted octanol–water partition coefficient (Wildman–Crippen LogP) is 1.51. The number of rotatable bonds is 2. The predicted molar refractivity (Wildman–Crippen MR) is 102 cm³/mol. The van der Waals surface area contributed by atoms with Crippen molar-refractivity contribution in [3.63, 3.8) is 0 Å². The maximum atomic E-state index is 6.13. The molecule has 0 bridgehead atoms. The minimum absolute atomic E-state index is 0.513. The number of ether oxygens (including phenoxy) is 1. The average Bonchev–Trinajstić information content (AvgIpc) is 2.80. The summed E-state index contributed by atoms with van der Waals surface area (Å²) in [7, 11) is 2.19. The van der Waals surface area contributed by atoms with Crippen LogP contribution in [0.15, 0.2) is 12.3 Å². The monoisotopic (exact) mass is 345 g/mol. The molecule has 3 aliphatic heterocycles. The number of fused-ring (bicyclic) bond motifs is 3. The summed E-state index contributed by atoms with van der Waals surface area (Å²) in [4.78, 5) is 14.7. The molecule has 4 heterocycles. The molecule has 138 valence electrons. The first kappa shape index (κ1) is 16.9. The Labute approximate surface area is 151 Å². The Bertz CT molecular complexity index is 599. The molecule has 25 heavy (non-hydrogen) atoms. The number of likely N-dealkylation sites (N-methyl/N-ethyl adjacent to an activating group) is 1. The molecule has 3 aliphatic rings. The normalized spacial score (nSPS) is 25.4. The van der Waals surface area contributed by atoms with Crippen molar-refractivity contribution >= 4 is 11.5 Å². The van der Waals surface area contributed by atoms with Crippen LogP contribution in [0.3, 0.4) is 0 Å². The molecule has 0 amide bonds. The lowest BCUT2D eigenvalue weighted by Crippen LogP contribution is -2.55. The molecule has 1 atom stereocenters. The van der Waals surface area contributed by atoms with Crippen molar-refractivity contribution in [3.05, 3.63) is 12.3 Å². The molecule has 0 radical (unpaired) electrons. The van der Waals surface area contributed by atoms with Crippen molar-refractivity contribution in [1.82, 2.24) is 14.8 Å². The molecule has 0 saturated carbocycles. The van der Waals surface area contributed by atoms with Crippen molar-refractivity contribution in [2.75, 3.05) is 69.3 Å². The third-order valence-electron chi connectivity index (χ3n) is 5.91. The fourth-order valence-corrected chi connectivity index (χ4v) is 4.17. The Morgan fingerprint density at radius 1 is 1.12 bits per heavy atom. The Balaban J connectivity index is 1.54. The highest BCUT2D eigenvalue weighted by Gasteiger charge is 2.33. The highest BCUT2D eigenvalue weighted by molar-refractivity contribution is 5.61. The number of nitrogens with zero attached hydrogens (tertiary/aromatic N) is 5. The van der Waals surface area contributed by atoms with Crippen molar-refractivity contribution < 1.29 is 4.74 Å². The molecule has 6 heteroatoms. The summed E-state index contributed by atoms with van der Waals surface area (Å²) in [5, 5.41) is 0. The molecule has 2 saturated heterocycles. The van der Waals surface area contributed by atoms with E-state index >= 15 is 0 Å². The standard InChI is InChI=1S/C19H31N5O/c1-15(2)23-9-10-24-16(14-23)4-11-25-18-12-17(13-20-19(18)24)22-7-5-21(3)6-8-22/h12-13,15-16H,4-11,14H2,1-3H3/t16-/m1/s1. The van der Waals surface area contributed by atoms with Crippen LogP contribution in [-0.2, 0) is 0 Å². The van der Waals surface area contributed by atoms with Crippen molar-refractivity contribution in [1.29, 1.82) is 0 Å². The second-order valence-electron chi connectivity index (χ2n) is 7.88. The van der Waals surface area contributed by atoms with Gasteiger partial charge >= 0.3 is 0 Å². The zero-order valence-electron chi connectivity index (χ0n) is 15.8. The first-order valence-electron chi connectivity index (χ1n) is 9.69. The third kappa shape index (κ3) is 3.42. The topological polar surface area (TPSA) is 35.1 Å². The molecule has 0 spiro atoms. The van der Waals surface area contributed by atoms with Crippen LogP contribution in [0.4, 0.5) is 11.5 Å². The summed E-state index contributed by atoms with van der Waals surface area (Å²) < 4.78 is 6.13. The summed E-state index contributed by atoms with van der Waals surface area (Å²) in [6.45, 7) is 13.0. The molecule has 0 N–H and O–H groups in total. The van der Waals surface area contributed by atoms with Gasteiger partial charge in [0.05, 0.1) is 18.5 Å². The van der Waals surface area contributed by atoms with E-state index in [1.807, 2.05) is 6.20 Å². The molecular weight excluding hydrogens is 314 g/mol. The molecule has 0 unspecified atom stereocenters. The molecular formula is C19H31N5O. The Morgan fingerprint density at radius 3 is 2.68 bits per heavy atom. The van der Waals surface area contributed by atoms with Gasteiger partial charge in [-0.25, -0.2) is 4.98 Å². The zero-order chi connectivity index (χ0) is 17.4. The summed E-state index contributed by atoms with van der Waals surface area (Å²) in [6.07, 6.45) is 3.12. The van der Waals surface area contributed by atoms with E-state index in [9.17, 15) is 0 Å². The molecule has 1 aromatic rings. The van der Waals surface area contributed by atoms with Crippen LogP contribution in [0.2, 0.25) is 0 Å². The number of piperazine rings is 2. The van der Waals surface area contributed by atoms with E-state index in [0.717, 1.165) is 70.4 Å². The minimum atomic E-state index is 0.513. The van der Waals surface area contributed by atoms with Gasteiger partial charge < -0.3 is 19.4 Å². The molecule has 6 nitrogen and oxygen atoms in total. The van der Waals surface area contributed by atoms with E-state index in [-0.39, 0.29) is 0 Å². The summed E-state index contributed by atoms with van der Waals surface area (Å²) in [5.74, 6) is 2.01. The van der Waals surface area contributed by atoms with Crippen LogP contribution in [-0.4, -0.2) is 86.3 Å². The maximum absolute atomic E-state index is 6.13. The minimum Gasteiger partial charge on any atom is -0.490 e. The van der Waals surface area contributed by atoms with Gasteiger partial charge in [-0.2, -0.15) is 0 Å². The van der Waals surface area contributed by atoms with Gasteiger partial charge in [0.2, 0.25) is 0 Å². The largest absolute Gasteiger partial charge is 0.490 e.